The predicted molar refractivity (Wildman–Crippen MR) is 153 cm³/mol. The van der Waals surface area contributed by atoms with Crippen molar-refractivity contribution in [2.45, 2.75) is 73.1 Å². The summed E-state index contributed by atoms with van der Waals surface area (Å²) in [5.41, 5.74) is 10.8. The Morgan fingerprint density at radius 3 is 2.58 bits per heavy atom. The number of nitrogens with two attached hydrogens (primary N) is 1. The number of unbranched alkanes of at least 4 members (excludes halogenated alkanes) is 1. The lowest BCUT2D eigenvalue weighted by Gasteiger charge is -2.12. The van der Waals surface area contributed by atoms with Gasteiger partial charge < -0.3 is 25.1 Å². The van der Waals surface area contributed by atoms with E-state index in [4.69, 9.17) is 20.2 Å². The molecule has 0 fully saturated rings. The number of aromatic nitrogens is 4. The molecule has 0 atom stereocenters. The van der Waals surface area contributed by atoms with Crippen LogP contribution >= 0.6 is 0 Å². The Morgan fingerprint density at radius 1 is 1.11 bits per heavy atom. The number of hydrogen-bond acceptors (Lipinski definition) is 7. The summed E-state index contributed by atoms with van der Waals surface area (Å²) in [4.78, 5) is 25.4. The van der Waals surface area contributed by atoms with Crippen molar-refractivity contribution in [3.63, 3.8) is 0 Å². The molecule has 0 bridgehead atoms. The number of fused-ring (bicyclic) bond motifs is 3. The summed E-state index contributed by atoms with van der Waals surface area (Å²) in [5.74, 6) is 1.21. The lowest BCUT2D eigenvalue weighted by Crippen LogP contribution is -2.27. The second kappa shape index (κ2) is 14.3. The van der Waals surface area contributed by atoms with Crippen LogP contribution in [0.25, 0.3) is 33.1 Å². The van der Waals surface area contributed by atoms with Crippen LogP contribution in [0, 0.1) is 0 Å². The third-order valence-electron chi connectivity index (χ3n) is 5.63. The van der Waals surface area contributed by atoms with Gasteiger partial charge in [0.15, 0.2) is 5.82 Å². The molecule has 0 aliphatic heterocycles. The molecule has 3 N–H and O–H groups in total. The highest BCUT2D eigenvalue weighted by Gasteiger charge is 2.18. The Kier molecular flexibility index (Phi) is 10.8. The highest BCUT2D eigenvalue weighted by atomic mass is 16.6. The van der Waals surface area contributed by atoms with Gasteiger partial charge in [-0.3, -0.25) is 4.98 Å². The fraction of sp³-hybridized carbons (Fsp3) is 0.448. The van der Waals surface area contributed by atoms with Crippen LogP contribution in [-0.4, -0.2) is 44.9 Å². The first kappa shape index (κ1) is 28.8. The second-order valence-corrected chi connectivity index (χ2v) is 9.28. The third-order valence-corrected chi connectivity index (χ3v) is 5.63. The van der Waals surface area contributed by atoms with E-state index in [0.717, 1.165) is 46.2 Å². The number of amides is 1. The van der Waals surface area contributed by atoms with Gasteiger partial charge >= 0.3 is 6.09 Å². The zero-order valence-corrected chi connectivity index (χ0v) is 23.2. The predicted octanol–water partition coefficient (Wildman–Crippen LogP) is 6.10. The Balaban J connectivity index is 0.00000127. The maximum Gasteiger partial charge on any atom is 0.407 e. The van der Waals surface area contributed by atoms with Gasteiger partial charge in [0.2, 0.25) is 0 Å². The minimum Gasteiger partial charge on any atom is -0.447 e. The largest absolute Gasteiger partial charge is 0.447 e. The van der Waals surface area contributed by atoms with Gasteiger partial charge in [0.25, 0.3) is 0 Å². The molecule has 4 rings (SSSR count). The summed E-state index contributed by atoms with van der Waals surface area (Å²) in [6.45, 7) is 12.1. The molecular formula is C29H40N6O3. The van der Waals surface area contributed by atoms with Crippen molar-refractivity contribution in [2.24, 2.45) is 0 Å². The van der Waals surface area contributed by atoms with Crippen LogP contribution in [0.1, 0.15) is 59.7 Å². The number of carbonyl (C=O) groups excluding carboxylic acids is 1. The summed E-state index contributed by atoms with van der Waals surface area (Å²) in [5, 5.41) is 3.78. The van der Waals surface area contributed by atoms with E-state index < -0.39 is 0 Å². The number of hydrogen-bond donors (Lipinski definition) is 2. The number of nitrogens with one attached hydrogen (secondary N) is 1. The summed E-state index contributed by atoms with van der Waals surface area (Å²) in [7, 11) is 0. The number of anilines is 1. The average molecular weight is 521 g/mol. The summed E-state index contributed by atoms with van der Waals surface area (Å²) >= 11 is 0. The molecule has 0 radical (unpaired) electrons. The molecule has 0 saturated heterocycles. The van der Waals surface area contributed by atoms with Crippen LogP contribution in [0.3, 0.4) is 0 Å². The van der Waals surface area contributed by atoms with Crippen molar-refractivity contribution in [3.05, 3.63) is 48.5 Å². The van der Waals surface area contributed by atoms with E-state index in [1.54, 1.807) is 6.20 Å². The number of nitrogen functional groups attached to an aromatic ring is 1. The lowest BCUT2D eigenvalue weighted by atomic mass is 10.0. The molecule has 1 aromatic carbocycles. The molecule has 1 amide bonds. The standard InChI is InChI=1S/C26H32N6O3.C3H8/c1-4-34-16-22-31-23-24(32(22)13-6-5-12-29-26(33)35-17(2)3)20-10-9-18(14-21(20)30-25(23)27)19-8-7-11-28-15-19;1-3-2/h7-11,14-15,17H,4-6,12-13,16H2,1-3H3,(H2,27,30)(H,29,33);3H2,1-2H3. The van der Waals surface area contributed by atoms with E-state index in [1.165, 1.54) is 6.42 Å². The highest BCUT2D eigenvalue weighted by molar-refractivity contribution is 6.07. The SMILES string of the molecule is CCC.CCOCc1nc2c(N)nc3cc(-c4cccnc4)ccc3c2n1CCCCNC(=O)OC(C)C. The van der Waals surface area contributed by atoms with Gasteiger partial charge in [-0.15, -0.1) is 0 Å². The molecular weight excluding hydrogens is 480 g/mol. The summed E-state index contributed by atoms with van der Waals surface area (Å²) < 4.78 is 13.0. The summed E-state index contributed by atoms with van der Waals surface area (Å²) in [6, 6.07) is 10.1. The maximum absolute atomic E-state index is 11.7. The van der Waals surface area contributed by atoms with Gasteiger partial charge in [-0.25, -0.2) is 14.8 Å². The van der Waals surface area contributed by atoms with Crippen molar-refractivity contribution in [1.82, 2.24) is 24.8 Å². The number of aryl methyl sites for hydroxylation is 1. The van der Waals surface area contributed by atoms with Crippen molar-refractivity contribution >= 4 is 33.8 Å². The fourth-order valence-corrected chi connectivity index (χ4v) is 4.06. The number of benzene rings is 1. The first-order valence-electron chi connectivity index (χ1n) is 13.4. The molecule has 204 valence electrons. The molecule has 4 aromatic rings. The molecule has 9 heteroatoms. The van der Waals surface area contributed by atoms with Crippen molar-refractivity contribution in [1.29, 1.82) is 0 Å². The minimum absolute atomic E-state index is 0.139. The van der Waals surface area contributed by atoms with E-state index in [-0.39, 0.29) is 12.2 Å². The van der Waals surface area contributed by atoms with Gasteiger partial charge in [0, 0.05) is 43.0 Å². The van der Waals surface area contributed by atoms with Crippen LogP contribution in [-0.2, 0) is 22.6 Å². The highest BCUT2D eigenvalue weighted by Crippen LogP contribution is 2.32. The molecule has 0 aliphatic rings. The van der Waals surface area contributed by atoms with Crippen LogP contribution in [0.15, 0.2) is 42.7 Å². The Morgan fingerprint density at radius 2 is 1.89 bits per heavy atom. The zero-order valence-electron chi connectivity index (χ0n) is 23.2. The number of nitrogens with zero attached hydrogens (tertiary/aromatic N) is 4. The number of ether oxygens (including phenoxy) is 2. The molecule has 0 spiro atoms. The van der Waals surface area contributed by atoms with Crippen molar-refractivity contribution < 1.29 is 14.3 Å². The van der Waals surface area contributed by atoms with Crippen LogP contribution in [0.2, 0.25) is 0 Å². The number of rotatable bonds is 10. The fourth-order valence-electron chi connectivity index (χ4n) is 4.06. The van der Waals surface area contributed by atoms with Crippen LogP contribution in [0.5, 0.6) is 0 Å². The van der Waals surface area contributed by atoms with Crippen LogP contribution in [0.4, 0.5) is 10.6 Å². The Labute approximate surface area is 224 Å². The van der Waals surface area contributed by atoms with Gasteiger partial charge in [-0.05, 0) is 51.3 Å². The Bertz CT molecular complexity index is 1320. The molecule has 3 heterocycles. The van der Waals surface area contributed by atoms with Crippen LogP contribution < -0.4 is 11.1 Å². The Hall–Kier alpha value is -3.72. The van der Waals surface area contributed by atoms with E-state index in [0.29, 0.717) is 37.6 Å². The first-order valence-corrected chi connectivity index (χ1v) is 13.4. The van der Waals surface area contributed by atoms with Gasteiger partial charge in [0.1, 0.15) is 17.9 Å². The van der Waals surface area contributed by atoms with Crippen molar-refractivity contribution in [3.8, 4) is 11.1 Å². The first-order chi connectivity index (χ1) is 18.4. The molecule has 38 heavy (non-hydrogen) atoms. The van der Waals surface area contributed by atoms with E-state index in [2.05, 4.69) is 45.8 Å². The lowest BCUT2D eigenvalue weighted by molar-refractivity contribution is 0.115. The molecule has 0 saturated carbocycles. The molecule has 9 nitrogen and oxygen atoms in total. The number of pyridine rings is 2. The van der Waals surface area contributed by atoms with E-state index >= 15 is 0 Å². The third kappa shape index (κ3) is 7.41. The maximum atomic E-state index is 11.7. The molecule has 3 aromatic heterocycles. The number of imidazole rings is 1. The van der Waals surface area contributed by atoms with E-state index in [9.17, 15) is 4.79 Å². The van der Waals surface area contributed by atoms with Crippen molar-refractivity contribution in [2.75, 3.05) is 18.9 Å². The van der Waals surface area contributed by atoms with Gasteiger partial charge in [0.05, 0.1) is 17.1 Å². The average Bonchev–Trinajstić information content (AvgIpc) is 3.26. The number of carbonyl (C=O) groups is 1. The quantitative estimate of drug-likeness (QED) is 0.243. The monoisotopic (exact) mass is 520 g/mol. The topological polar surface area (TPSA) is 117 Å². The zero-order chi connectivity index (χ0) is 27.5. The van der Waals surface area contributed by atoms with Gasteiger partial charge in [-0.1, -0.05) is 38.5 Å². The van der Waals surface area contributed by atoms with E-state index in [1.807, 2.05) is 45.2 Å². The normalized spacial score (nSPS) is 11.0. The second-order valence-electron chi connectivity index (χ2n) is 9.28. The number of alkyl carbamates (subject to hydrolysis) is 1. The minimum atomic E-state index is -0.389. The molecule has 0 aliphatic carbocycles. The summed E-state index contributed by atoms with van der Waals surface area (Å²) in [6.07, 6.45) is 5.94. The molecule has 0 unspecified atom stereocenters. The smallest absolute Gasteiger partial charge is 0.407 e. The van der Waals surface area contributed by atoms with Gasteiger partial charge in [-0.2, -0.15) is 0 Å².